The molecule has 7 N–H and O–H groups in total. The summed E-state index contributed by atoms with van der Waals surface area (Å²) in [5, 5.41) is 73.4. The van der Waals surface area contributed by atoms with Crippen molar-refractivity contribution in [3.05, 3.63) is 70.8 Å². The van der Waals surface area contributed by atoms with Crippen LogP contribution >= 0.6 is 0 Å². The van der Waals surface area contributed by atoms with E-state index in [0.29, 0.717) is 12.0 Å². The monoisotopic (exact) mass is 672 g/mol. The Hall–Kier alpha value is -4.31. The van der Waals surface area contributed by atoms with Crippen LogP contribution in [0.3, 0.4) is 0 Å². The summed E-state index contributed by atoms with van der Waals surface area (Å²) in [4.78, 5) is 12.7. The van der Waals surface area contributed by atoms with Gasteiger partial charge in [-0.3, -0.25) is 0 Å². The largest absolute Gasteiger partial charge is 0.504 e. The molecule has 0 saturated carbocycles. The van der Waals surface area contributed by atoms with E-state index >= 15 is 0 Å². The number of rotatable bonds is 11. The average molecular weight is 673 g/mol. The number of aromatic hydroxyl groups is 3. The zero-order valence-electron chi connectivity index (χ0n) is 26.6. The fraction of sp³-hybridized carbons (Fsp3) is 0.441. The van der Waals surface area contributed by atoms with Gasteiger partial charge in [0.2, 0.25) is 0 Å². The van der Waals surface area contributed by atoms with Crippen molar-refractivity contribution in [1.29, 1.82) is 0 Å². The van der Waals surface area contributed by atoms with Gasteiger partial charge in [0.1, 0.15) is 31.0 Å². The van der Waals surface area contributed by atoms with Gasteiger partial charge in [0.15, 0.2) is 40.8 Å². The van der Waals surface area contributed by atoms with Crippen LogP contribution in [0.1, 0.15) is 33.0 Å². The Labute approximate surface area is 276 Å². The number of fused-ring (bicyclic) bond motifs is 1. The van der Waals surface area contributed by atoms with Crippen LogP contribution in [-0.2, 0) is 20.6 Å². The Bertz CT molecular complexity index is 1590. The fourth-order valence-corrected chi connectivity index (χ4v) is 6.38. The van der Waals surface area contributed by atoms with Gasteiger partial charge in [-0.2, -0.15) is 0 Å². The summed E-state index contributed by atoms with van der Waals surface area (Å²) in [5.74, 6) is -2.05. The second-order valence-electron chi connectivity index (χ2n) is 11.8. The molecule has 14 nitrogen and oxygen atoms in total. The molecule has 0 aromatic heterocycles. The number of hydrogen-bond acceptors (Lipinski definition) is 14. The van der Waals surface area contributed by atoms with Crippen molar-refractivity contribution in [2.45, 2.75) is 43.0 Å². The zero-order valence-corrected chi connectivity index (χ0v) is 26.6. The number of carbonyl (C=O) groups excluding carboxylic acids is 1. The molecule has 0 spiro atoms. The van der Waals surface area contributed by atoms with Gasteiger partial charge in [-0.1, -0.05) is 6.07 Å². The first kappa shape index (κ1) is 35.0. The minimum atomic E-state index is -1.72. The van der Waals surface area contributed by atoms with Crippen LogP contribution in [-0.4, -0.2) is 114 Å². The first-order valence-corrected chi connectivity index (χ1v) is 15.2. The molecule has 8 unspecified atom stereocenters. The summed E-state index contributed by atoms with van der Waals surface area (Å²) < 4.78 is 32.9. The van der Waals surface area contributed by atoms with Crippen LogP contribution < -0.4 is 14.2 Å². The molecule has 0 bridgehead atoms. The van der Waals surface area contributed by atoms with Crippen molar-refractivity contribution < 1.29 is 69.0 Å². The Morgan fingerprint density at radius 3 is 2.10 bits per heavy atom. The molecule has 1 aliphatic heterocycles. The van der Waals surface area contributed by atoms with Gasteiger partial charge in [0, 0.05) is 12.5 Å². The number of carbonyl (C=O) groups is 1. The molecule has 1 aliphatic carbocycles. The normalized spacial score (nSPS) is 26.7. The van der Waals surface area contributed by atoms with Crippen molar-refractivity contribution >= 4 is 5.97 Å². The third kappa shape index (κ3) is 6.95. The fourth-order valence-electron chi connectivity index (χ4n) is 6.38. The average Bonchev–Trinajstić information content (AvgIpc) is 3.09. The molecule has 2 aliphatic rings. The number of aliphatic hydroxyl groups excluding tert-OH is 4. The van der Waals surface area contributed by atoms with E-state index in [1.54, 1.807) is 24.3 Å². The minimum Gasteiger partial charge on any atom is -0.504 e. The Morgan fingerprint density at radius 1 is 0.792 bits per heavy atom. The molecular weight excluding hydrogens is 632 g/mol. The molecule has 3 aromatic carbocycles. The van der Waals surface area contributed by atoms with Crippen molar-refractivity contribution in [2.24, 2.45) is 11.8 Å². The van der Waals surface area contributed by atoms with Crippen LogP contribution in [0.25, 0.3) is 0 Å². The van der Waals surface area contributed by atoms with E-state index in [4.69, 9.17) is 28.4 Å². The topological polar surface area (TPSA) is 214 Å². The zero-order chi connectivity index (χ0) is 34.7. The van der Waals surface area contributed by atoms with E-state index in [-0.39, 0.29) is 53.3 Å². The lowest BCUT2D eigenvalue weighted by Crippen LogP contribution is -2.59. The number of hydrogen-bond donors (Lipinski definition) is 7. The molecule has 0 amide bonds. The maximum absolute atomic E-state index is 12.7. The summed E-state index contributed by atoms with van der Waals surface area (Å²) in [5.41, 5.74) is 2.27. The smallest absolute Gasteiger partial charge is 0.338 e. The molecule has 8 atom stereocenters. The highest BCUT2D eigenvalue weighted by Crippen LogP contribution is 2.48. The highest BCUT2D eigenvalue weighted by molar-refractivity contribution is 5.90. The molecule has 260 valence electrons. The number of aliphatic hydroxyl groups is 4. The Morgan fingerprint density at radius 2 is 1.44 bits per heavy atom. The highest BCUT2D eigenvalue weighted by atomic mass is 16.7. The molecule has 1 heterocycles. The summed E-state index contributed by atoms with van der Waals surface area (Å²) in [6, 6.07) is 12.0. The van der Waals surface area contributed by atoms with E-state index in [2.05, 4.69) is 0 Å². The molecule has 5 rings (SSSR count). The summed E-state index contributed by atoms with van der Waals surface area (Å²) in [6.45, 7) is -0.895. The van der Waals surface area contributed by atoms with Gasteiger partial charge in [0.05, 0.1) is 33.5 Å². The summed E-state index contributed by atoms with van der Waals surface area (Å²) in [6.07, 6.45) is -7.41. The van der Waals surface area contributed by atoms with Crippen molar-refractivity contribution in [2.75, 3.05) is 41.2 Å². The summed E-state index contributed by atoms with van der Waals surface area (Å²) in [7, 11) is 4.17. The number of ether oxygens (including phenoxy) is 6. The number of phenols is 3. The molecule has 3 aromatic rings. The van der Waals surface area contributed by atoms with Crippen LogP contribution in [0.5, 0.6) is 34.5 Å². The quantitative estimate of drug-likeness (QED) is 0.144. The molecule has 48 heavy (non-hydrogen) atoms. The standard InChI is InChI=1S/C34H40O14/c1-43-25-9-16(4-6-22(25)36)29-20-12-24(38)27(45-3)11-18(20)8-19(13-35)21(29)14-47-34-32(41)31(40)30(39)28(48-34)15-46-33(42)17-5-7-23(37)26(10-17)44-2/h4-7,9-12,19,21,28-32,34-41H,8,13-15H2,1-3H3. The van der Waals surface area contributed by atoms with E-state index < -0.39 is 61.0 Å². The van der Waals surface area contributed by atoms with Crippen LogP contribution in [0.15, 0.2) is 48.5 Å². The second kappa shape index (κ2) is 14.8. The van der Waals surface area contributed by atoms with E-state index in [1.165, 1.54) is 45.6 Å². The number of methoxy groups -OCH3 is 3. The molecular formula is C34H40O14. The first-order chi connectivity index (χ1) is 23.0. The van der Waals surface area contributed by atoms with Crippen molar-refractivity contribution in [3.8, 4) is 34.5 Å². The number of esters is 1. The van der Waals surface area contributed by atoms with Gasteiger partial charge in [-0.15, -0.1) is 0 Å². The van der Waals surface area contributed by atoms with Gasteiger partial charge in [-0.05, 0) is 77.4 Å². The predicted molar refractivity (Wildman–Crippen MR) is 167 cm³/mol. The molecule has 1 saturated heterocycles. The number of phenolic OH excluding ortho intramolecular Hbond substituents is 3. The maximum atomic E-state index is 12.7. The van der Waals surface area contributed by atoms with Crippen LogP contribution in [0.2, 0.25) is 0 Å². The second-order valence-corrected chi connectivity index (χ2v) is 11.8. The van der Waals surface area contributed by atoms with E-state index in [9.17, 15) is 40.5 Å². The van der Waals surface area contributed by atoms with Crippen molar-refractivity contribution in [3.63, 3.8) is 0 Å². The third-order valence-corrected chi connectivity index (χ3v) is 9.00. The van der Waals surface area contributed by atoms with E-state index in [1.807, 2.05) is 0 Å². The lowest BCUT2D eigenvalue weighted by Gasteiger charge is -2.43. The first-order valence-electron chi connectivity index (χ1n) is 15.2. The van der Waals surface area contributed by atoms with Crippen LogP contribution in [0.4, 0.5) is 0 Å². The predicted octanol–water partition coefficient (Wildman–Crippen LogP) is 1.42. The Kier molecular flexibility index (Phi) is 10.8. The maximum Gasteiger partial charge on any atom is 0.338 e. The van der Waals surface area contributed by atoms with Gasteiger partial charge < -0.3 is 64.2 Å². The van der Waals surface area contributed by atoms with Crippen LogP contribution in [0, 0.1) is 11.8 Å². The molecule has 0 radical (unpaired) electrons. The number of benzene rings is 3. The molecule has 1 fully saturated rings. The van der Waals surface area contributed by atoms with E-state index in [0.717, 1.165) is 11.1 Å². The lowest BCUT2D eigenvalue weighted by molar-refractivity contribution is -0.304. The highest BCUT2D eigenvalue weighted by Gasteiger charge is 2.46. The summed E-state index contributed by atoms with van der Waals surface area (Å²) >= 11 is 0. The molecule has 14 heteroatoms. The lowest BCUT2D eigenvalue weighted by atomic mass is 9.67. The minimum absolute atomic E-state index is 0.0512. The van der Waals surface area contributed by atoms with Gasteiger partial charge in [0.25, 0.3) is 0 Å². The Balaban J connectivity index is 1.38. The van der Waals surface area contributed by atoms with Gasteiger partial charge in [-0.25, -0.2) is 4.79 Å². The van der Waals surface area contributed by atoms with Crippen molar-refractivity contribution in [1.82, 2.24) is 0 Å². The third-order valence-electron chi connectivity index (χ3n) is 9.00. The SMILES string of the molecule is COc1cc(C(=O)OCC2OC(OCC3C(CO)Cc4cc(OC)c(O)cc4C3c3ccc(O)c(OC)c3)C(O)C(O)C2O)ccc1O. The van der Waals surface area contributed by atoms with Gasteiger partial charge >= 0.3 is 5.97 Å².